The van der Waals surface area contributed by atoms with Gasteiger partial charge in [-0.05, 0) is 24.3 Å². The van der Waals surface area contributed by atoms with Crippen molar-refractivity contribution in [3.63, 3.8) is 0 Å². The second kappa shape index (κ2) is 13.6. The van der Waals surface area contributed by atoms with Gasteiger partial charge in [0.1, 0.15) is 0 Å². The summed E-state index contributed by atoms with van der Waals surface area (Å²) in [4.78, 5) is 0. The minimum Gasteiger partial charge on any atom is -0.0683 e. The summed E-state index contributed by atoms with van der Waals surface area (Å²) < 4.78 is 0. The van der Waals surface area contributed by atoms with Gasteiger partial charge in [0.2, 0.25) is 0 Å². The Morgan fingerprint density at radius 3 is 1.84 bits per heavy atom. The van der Waals surface area contributed by atoms with Gasteiger partial charge in [-0.1, -0.05) is 96.6 Å². The van der Waals surface area contributed by atoms with Crippen molar-refractivity contribution in [2.24, 2.45) is 5.92 Å². The van der Waals surface area contributed by atoms with E-state index in [1.807, 2.05) is 13.8 Å². The van der Waals surface area contributed by atoms with Gasteiger partial charge in [-0.2, -0.15) is 0 Å². The Labute approximate surface area is 121 Å². The molecule has 0 aliphatic rings. The summed E-state index contributed by atoms with van der Waals surface area (Å²) in [6, 6.07) is 10.9. The third-order valence-corrected chi connectivity index (χ3v) is 3.34. The van der Waals surface area contributed by atoms with Gasteiger partial charge in [0.25, 0.3) is 0 Å². The molecule has 0 unspecified atom stereocenters. The van der Waals surface area contributed by atoms with Crippen LogP contribution >= 0.6 is 0 Å². The number of aryl methyl sites for hydroxylation is 1. The SMILES string of the molecule is CC.CC(C)CCCCCCCCc1ccccc1. The smallest absolute Gasteiger partial charge is 0.0279 e. The molecule has 0 nitrogen and oxygen atoms in total. The molecule has 0 atom stereocenters. The molecule has 0 heteroatoms. The van der Waals surface area contributed by atoms with E-state index in [1.54, 1.807) is 0 Å². The van der Waals surface area contributed by atoms with Crippen LogP contribution in [-0.4, -0.2) is 0 Å². The van der Waals surface area contributed by atoms with Crippen LogP contribution in [0.3, 0.4) is 0 Å². The molecule has 110 valence electrons. The lowest BCUT2D eigenvalue weighted by Gasteiger charge is -2.04. The maximum Gasteiger partial charge on any atom is -0.0279 e. The summed E-state index contributed by atoms with van der Waals surface area (Å²) in [6.07, 6.45) is 11.1. The third-order valence-electron chi connectivity index (χ3n) is 3.34. The summed E-state index contributed by atoms with van der Waals surface area (Å²) in [5.41, 5.74) is 1.49. The van der Waals surface area contributed by atoms with E-state index < -0.39 is 0 Å². The van der Waals surface area contributed by atoms with Crippen LogP contribution in [-0.2, 0) is 6.42 Å². The van der Waals surface area contributed by atoms with Crippen LogP contribution in [0.2, 0.25) is 0 Å². The predicted molar refractivity (Wildman–Crippen MR) is 88.7 cm³/mol. The zero-order valence-corrected chi connectivity index (χ0v) is 13.6. The average Bonchev–Trinajstić information content (AvgIpc) is 2.45. The van der Waals surface area contributed by atoms with Gasteiger partial charge in [-0.15, -0.1) is 0 Å². The number of hydrogen-bond donors (Lipinski definition) is 0. The maximum atomic E-state index is 2.32. The Balaban J connectivity index is 0.00000154. The van der Waals surface area contributed by atoms with Crippen LogP contribution in [0.1, 0.15) is 78.2 Å². The van der Waals surface area contributed by atoms with Gasteiger partial charge in [-0.25, -0.2) is 0 Å². The lowest BCUT2D eigenvalue weighted by atomic mass is 10.0. The molecule has 0 saturated carbocycles. The highest BCUT2D eigenvalue weighted by Crippen LogP contribution is 2.12. The zero-order chi connectivity index (χ0) is 14.3. The lowest BCUT2D eigenvalue weighted by Crippen LogP contribution is -1.88. The Morgan fingerprint density at radius 1 is 0.737 bits per heavy atom. The van der Waals surface area contributed by atoms with Crippen molar-refractivity contribution in [2.75, 3.05) is 0 Å². The molecule has 0 amide bonds. The van der Waals surface area contributed by atoms with E-state index in [1.165, 1.54) is 56.9 Å². The van der Waals surface area contributed by atoms with Gasteiger partial charge in [0.05, 0.1) is 0 Å². The fourth-order valence-corrected chi connectivity index (χ4v) is 2.23. The van der Waals surface area contributed by atoms with Gasteiger partial charge < -0.3 is 0 Å². The van der Waals surface area contributed by atoms with E-state index in [0.29, 0.717) is 0 Å². The highest BCUT2D eigenvalue weighted by atomic mass is 14.0. The number of rotatable bonds is 9. The van der Waals surface area contributed by atoms with Crippen molar-refractivity contribution in [1.82, 2.24) is 0 Å². The molecule has 1 aromatic carbocycles. The van der Waals surface area contributed by atoms with Crippen molar-refractivity contribution >= 4 is 0 Å². The van der Waals surface area contributed by atoms with E-state index in [9.17, 15) is 0 Å². The molecule has 0 heterocycles. The Bertz CT molecular complexity index is 261. The molecule has 0 spiro atoms. The first-order valence-corrected chi connectivity index (χ1v) is 8.33. The molecule has 0 aliphatic heterocycles. The quantitative estimate of drug-likeness (QED) is 0.437. The minimum atomic E-state index is 0.882. The minimum absolute atomic E-state index is 0.882. The standard InChI is InChI=1S/C17H28.C2H6/c1-16(2)12-8-5-3-4-6-9-13-17-14-10-7-11-15-17;1-2/h7,10-11,14-16H,3-6,8-9,12-13H2,1-2H3;1-2H3. The van der Waals surface area contributed by atoms with Gasteiger partial charge in [0.15, 0.2) is 0 Å². The molecular formula is C19H34. The van der Waals surface area contributed by atoms with Gasteiger partial charge in [0, 0.05) is 0 Å². The van der Waals surface area contributed by atoms with Crippen LogP contribution in [0.5, 0.6) is 0 Å². The number of unbranched alkanes of at least 4 members (excludes halogenated alkanes) is 5. The predicted octanol–water partition coefficient (Wildman–Crippen LogP) is 6.64. The van der Waals surface area contributed by atoms with Crippen LogP contribution in [0.15, 0.2) is 30.3 Å². The summed E-state index contributed by atoms with van der Waals surface area (Å²) in [7, 11) is 0. The molecule has 1 rings (SSSR count). The molecule has 19 heavy (non-hydrogen) atoms. The topological polar surface area (TPSA) is 0 Å². The number of benzene rings is 1. The molecule has 0 aliphatic carbocycles. The highest BCUT2D eigenvalue weighted by molar-refractivity contribution is 5.14. The Morgan fingerprint density at radius 2 is 1.26 bits per heavy atom. The fourth-order valence-electron chi connectivity index (χ4n) is 2.23. The summed E-state index contributed by atoms with van der Waals surface area (Å²) in [5, 5.41) is 0. The maximum absolute atomic E-state index is 2.32. The van der Waals surface area contributed by atoms with Crippen LogP contribution in [0.4, 0.5) is 0 Å². The molecule has 1 aromatic rings. The molecule has 0 saturated heterocycles. The van der Waals surface area contributed by atoms with Crippen molar-refractivity contribution in [3.05, 3.63) is 35.9 Å². The fraction of sp³-hybridized carbons (Fsp3) is 0.684. The third kappa shape index (κ3) is 12.0. The summed E-state index contributed by atoms with van der Waals surface area (Å²) >= 11 is 0. The molecule has 0 fully saturated rings. The second-order valence-electron chi connectivity index (χ2n) is 5.54. The lowest BCUT2D eigenvalue weighted by molar-refractivity contribution is 0.511. The Kier molecular flexibility index (Phi) is 13.1. The monoisotopic (exact) mass is 262 g/mol. The molecule has 0 radical (unpaired) electrons. The molecule has 0 bridgehead atoms. The first-order valence-electron chi connectivity index (χ1n) is 8.33. The van der Waals surface area contributed by atoms with Crippen molar-refractivity contribution < 1.29 is 0 Å². The second-order valence-corrected chi connectivity index (χ2v) is 5.54. The average molecular weight is 262 g/mol. The number of hydrogen-bond acceptors (Lipinski definition) is 0. The van der Waals surface area contributed by atoms with E-state index in [2.05, 4.69) is 44.2 Å². The van der Waals surface area contributed by atoms with E-state index in [4.69, 9.17) is 0 Å². The first kappa shape index (κ1) is 18.2. The molecular weight excluding hydrogens is 228 g/mol. The van der Waals surface area contributed by atoms with Crippen molar-refractivity contribution in [3.8, 4) is 0 Å². The van der Waals surface area contributed by atoms with Crippen LogP contribution < -0.4 is 0 Å². The normalized spacial score (nSPS) is 10.2. The molecule has 0 N–H and O–H groups in total. The first-order chi connectivity index (χ1) is 9.29. The Hall–Kier alpha value is -0.780. The van der Waals surface area contributed by atoms with E-state index >= 15 is 0 Å². The van der Waals surface area contributed by atoms with Gasteiger partial charge in [-0.3, -0.25) is 0 Å². The highest BCUT2D eigenvalue weighted by Gasteiger charge is 1.95. The van der Waals surface area contributed by atoms with Crippen molar-refractivity contribution in [1.29, 1.82) is 0 Å². The molecule has 0 aromatic heterocycles. The largest absolute Gasteiger partial charge is 0.0683 e. The summed E-state index contributed by atoms with van der Waals surface area (Å²) in [6.45, 7) is 8.64. The van der Waals surface area contributed by atoms with Crippen LogP contribution in [0.25, 0.3) is 0 Å². The van der Waals surface area contributed by atoms with E-state index in [0.717, 1.165) is 5.92 Å². The van der Waals surface area contributed by atoms with Gasteiger partial charge >= 0.3 is 0 Å². The zero-order valence-electron chi connectivity index (χ0n) is 13.6. The van der Waals surface area contributed by atoms with Crippen LogP contribution in [0, 0.1) is 5.92 Å². The van der Waals surface area contributed by atoms with E-state index in [-0.39, 0.29) is 0 Å². The van der Waals surface area contributed by atoms with Crippen molar-refractivity contribution in [2.45, 2.75) is 79.1 Å². The summed E-state index contributed by atoms with van der Waals surface area (Å²) in [5.74, 6) is 0.882.